The standard InChI is InChI=1S/C36H42FN5O8/c1-2-49-34(47)36-17-22(36)11-6-4-3-5-7-13-26(38-28-29(31(44)30(28)43)40-14-9-15-40)33(46)42-19-23(16-27(42)32(45)39-36)50-35(48)41-18-21-10-8-12-25(37)24(21)20-41/h6,8,10-12,22-23,26-27,38H,2-5,7,9,13-20H2,1H3,(H,39,45)/b11-6-/t22-,23-,26+,27+,36-/m1/s1. The van der Waals surface area contributed by atoms with E-state index in [1.165, 1.54) is 15.9 Å². The summed E-state index contributed by atoms with van der Waals surface area (Å²) < 4.78 is 25.6. The fraction of sp³-hybridized carbons (Fsp3) is 0.556. The Morgan fingerprint density at radius 2 is 1.88 bits per heavy atom. The summed E-state index contributed by atoms with van der Waals surface area (Å²) in [7, 11) is 0. The van der Waals surface area contributed by atoms with E-state index in [2.05, 4.69) is 10.6 Å². The van der Waals surface area contributed by atoms with Gasteiger partial charge in [0.2, 0.25) is 11.8 Å². The number of amides is 3. The molecular weight excluding hydrogens is 649 g/mol. The molecule has 7 rings (SSSR count). The molecule has 266 valence electrons. The van der Waals surface area contributed by atoms with E-state index in [0.717, 1.165) is 25.7 Å². The van der Waals surface area contributed by atoms with Crippen LogP contribution in [0, 0.1) is 11.7 Å². The highest BCUT2D eigenvalue weighted by atomic mass is 19.1. The van der Waals surface area contributed by atoms with E-state index < -0.39 is 64.3 Å². The van der Waals surface area contributed by atoms with Crippen molar-refractivity contribution in [2.24, 2.45) is 5.92 Å². The minimum absolute atomic E-state index is 0.0320. The fourth-order valence-corrected chi connectivity index (χ4v) is 7.65. The van der Waals surface area contributed by atoms with Crippen LogP contribution >= 0.6 is 0 Å². The second kappa shape index (κ2) is 13.5. The molecule has 50 heavy (non-hydrogen) atoms. The van der Waals surface area contributed by atoms with Crippen LogP contribution in [0.5, 0.6) is 0 Å². The number of esters is 1. The lowest BCUT2D eigenvalue weighted by Gasteiger charge is -2.36. The molecule has 5 aliphatic rings. The summed E-state index contributed by atoms with van der Waals surface area (Å²) in [4.78, 5) is 84.9. The zero-order chi connectivity index (χ0) is 35.2. The Bertz CT molecular complexity index is 1800. The van der Waals surface area contributed by atoms with Gasteiger partial charge in [-0.05, 0) is 50.7 Å². The van der Waals surface area contributed by atoms with Crippen LogP contribution in [0.4, 0.5) is 20.6 Å². The third-order valence-corrected chi connectivity index (χ3v) is 10.7. The van der Waals surface area contributed by atoms with Crippen LogP contribution in [0.1, 0.15) is 69.4 Å². The van der Waals surface area contributed by atoms with Crippen LogP contribution in [0.2, 0.25) is 0 Å². The van der Waals surface area contributed by atoms with Gasteiger partial charge in [-0.25, -0.2) is 14.0 Å². The van der Waals surface area contributed by atoms with Crippen LogP contribution in [0.15, 0.2) is 39.9 Å². The van der Waals surface area contributed by atoms with Gasteiger partial charge in [0.05, 0.1) is 19.7 Å². The van der Waals surface area contributed by atoms with Crippen molar-refractivity contribution < 1.29 is 33.0 Å². The first-order chi connectivity index (χ1) is 24.1. The van der Waals surface area contributed by atoms with Crippen molar-refractivity contribution in [1.29, 1.82) is 0 Å². The summed E-state index contributed by atoms with van der Waals surface area (Å²) in [5.41, 5.74) is -1.04. The predicted octanol–water partition coefficient (Wildman–Crippen LogP) is 2.49. The molecule has 0 spiro atoms. The molecule has 0 radical (unpaired) electrons. The summed E-state index contributed by atoms with van der Waals surface area (Å²) in [5.74, 6) is -2.29. The van der Waals surface area contributed by atoms with Gasteiger partial charge in [-0.2, -0.15) is 0 Å². The van der Waals surface area contributed by atoms with Gasteiger partial charge >= 0.3 is 12.1 Å². The number of nitrogens with one attached hydrogen (secondary N) is 2. The van der Waals surface area contributed by atoms with Crippen molar-refractivity contribution in [3.05, 3.63) is 67.7 Å². The number of rotatable bonds is 6. The van der Waals surface area contributed by atoms with E-state index in [0.29, 0.717) is 43.5 Å². The van der Waals surface area contributed by atoms with Gasteiger partial charge in [0.25, 0.3) is 10.9 Å². The molecule has 0 aromatic heterocycles. The quantitative estimate of drug-likeness (QED) is 0.262. The van der Waals surface area contributed by atoms with Crippen LogP contribution in [-0.2, 0) is 36.9 Å². The number of ether oxygens (including phenoxy) is 2. The van der Waals surface area contributed by atoms with Gasteiger partial charge in [0.1, 0.15) is 40.9 Å². The molecule has 13 nitrogen and oxygen atoms in total. The zero-order valence-electron chi connectivity index (χ0n) is 28.1. The summed E-state index contributed by atoms with van der Waals surface area (Å²) in [6.07, 6.45) is 6.90. The molecule has 2 aromatic rings. The number of carbonyl (C=O) groups is 4. The molecule has 4 heterocycles. The van der Waals surface area contributed by atoms with E-state index >= 15 is 0 Å². The average Bonchev–Trinajstić information content (AvgIpc) is 3.38. The SMILES string of the molecule is CCOC(=O)[C@@]12C[C@H]1/C=C\CCCCC[C@H](Nc1c(N3CCC3)c(=O)c1=O)C(=O)N1C[C@H](OC(=O)N3Cc4cccc(F)c4C3)C[C@H]1C(=O)N2. The maximum absolute atomic E-state index is 14.5. The lowest BCUT2D eigenvalue weighted by atomic mass is 10.0. The van der Waals surface area contributed by atoms with Crippen LogP contribution in [-0.4, -0.2) is 83.6 Å². The first-order valence-corrected chi connectivity index (χ1v) is 17.6. The topological polar surface area (TPSA) is 155 Å². The second-order valence-electron chi connectivity index (χ2n) is 14.0. The van der Waals surface area contributed by atoms with Crippen molar-refractivity contribution in [3.63, 3.8) is 0 Å². The molecule has 4 aliphatic heterocycles. The Balaban J connectivity index is 1.15. The van der Waals surface area contributed by atoms with Gasteiger partial charge < -0.3 is 29.9 Å². The summed E-state index contributed by atoms with van der Waals surface area (Å²) >= 11 is 0. The minimum Gasteiger partial charge on any atom is -0.464 e. The number of hydrogen-bond acceptors (Lipinski definition) is 10. The molecular formula is C36H42FN5O8. The molecule has 0 unspecified atom stereocenters. The molecule has 5 atom stereocenters. The maximum Gasteiger partial charge on any atom is 0.410 e. The molecule has 3 fully saturated rings. The van der Waals surface area contributed by atoms with Gasteiger partial charge in [-0.3, -0.25) is 24.1 Å². The molecule has 2 saturated heterocycles. The van der Waals surface area contributed by atoms with Gasteiger partial charge in [0.15, 0.2) is 0 Å². The summed E-state index contributed by atoms with van der Waals surface area (Å²) in [6, 6.07) is 2.62. The number of anilines is 2. The first-order valence-electron chi connectivity index (χ1n) is 17.6. The molecule has 2 aromatic carbocycles. The van der Waals surface area contributed by atoms with Gasteiger partial charge in [-0.1, -0.05) is 37.1 Å². The molecule has 1 saturated carbocycles. The number of halogens is 1. The minimum atomic E-state index is -1.27. The highest BCUT2D eigenvalue weighted by Crippen LogP contribution is 2.46. The third kappa shape index (κ3) is 6.13. The van der Waals surface area contributed by atoms with Crippen molar-refractivity contribution >= 4 is 35.3 Å². The lowest BCUT2D eigenvalue weighted by molar-refractivity contribution is -0.150. The highest BCUT2D eigenvalue weighted by molar-refractivity contribution is 5.97. The van der Waals surface area contributed by atoms with E-state index in [9.17, 15) is 33.2 Å². The Hall–Kier alpha value is -4.75. The molecule has 14 heteroatoms. The Morgan fingerprint density at radius 3 is 2.62 bits per heavy atom. The largest absolute Gasteiger partial charge is 0.464 e. The molecule has 1 aliphatic carbocycles. The highest BCUT2D eigenvalue weighted by Gasteiger charge is 2.62. The van der Waals surface area contributed by atoms with E-state index in [-0.39, 0.29) is 50.0 Å². The lowest BCUT2D eigenvalue weighted by Crippen LogP contribution is -2.56. The van der Waals surface area contributed by atoms with Gasteiger partial charge in [0, 0.05) is 37.5 Å². The van der Waals surface area contributed by atoms with E-state index in [1.54, 1.807) is 19.1 Å². The smallest absolute Gasteiger partial charge is 0.410 e. The maximum atomic E-state index is 14.5. The van der Waals surface area contributed by atoms with Crippen LogP contribution in [0.3, 0.4) is 0 Å². The summed E-state index contributed by atoms with van der Waals surface area (Å²) in [6.45, 7) is 3.19. The number of hydrogen-bond donors (Lipinski definition) is 2. The van der Waals surface area contributed by atoms with Crippen LogP contribution < -0.4 is 26.4 Å². The molecule has 3 amide bonds. The van der Waals surface area contributed by atoms with E-state index in [4.69, 9.17) is 9.47 Å². The van der Waals surface area contributed by atoms with Crippen molar-refractivity contribution in [3.8, 4) is 0 Å². The van der Waals surface area contributed by atoms with Gasteiger partial charge in [-0.15, -0.1) is 0 Å². The fourth-order valence-electron chi connectivity index (χ4n) is 7.65. The molecule has 0 bridgehead atoms. The summed E-state index contributed by atoms with van der Waals surface area (Å²) in [5, 5.41) is 5.99. The Kier molecular flexibility index (Phi) is 9.12. The van der Waals surface area contributed by atoms with Crippen molar-refractivity contribution in [2.75, 3.05) is 36.5 Å². The number of nitrogens with zero attached hydrogens (tertiary/aromatic N) is 3. The second-order valence-corrected chi connectivity index (χ2v) is 14.0. The average molecular weight is 692 g/mol. The van der Waals surface area contributed by atoms with E-state index in [1.807, 2.05) is 17.1 Å². The number of benzene rings is 1. The third-order valence-electron chi connectivity index (χ3n) is 10.7. The Labute approximate surface area is 288 Å². The van der Waals surface area contributed by atoms with Crippen molar-refractivity contribution in [1.82, 2.24) is 15.1 Å². The van der Waals surface area contributed by atoms with Crippen molar-refractivity contribution in [2.45, 2.75) is 95.1 Å². The zero-order valence-corrected chi connectivity index (χ0v) is 28.1. The van der Waals surface area contributed by atoms with Crippen LogP contribution in [0.25, 0.3) is 0 Å². The molecule has 2 N–H and O–H groups in total. The normalized spacial score (nSPS) is 28.7. The number of carbonyl (C=O) groups excluding carboxylic acids is 4. The first kappa shape index (κ1) is 33.7. The number of fused-ring (bicyclic) bond motifs is 3. The monoisotopic (exact) mass is 691 g/mol. The Morgan fingerprint density at radius 1 is 1.06 bits per heavy atom. The predicted molar refractivity (Wildman–Crippen MR) is 179 cm³/mol. The number of allylic oxidation sites excluding steroid dienone is 1.